The zero-order valence-electron chi connectivity index (χ0n) is 15.6. The molecule has 0 spiro atoms. The van der Waals surface area contributed by atoms with E-state index in [1.165, 1.54) is 12.1 Å². The minimum Gasteiger partial charge on any atom is -0.275 e. The highest BCUT2D eigenvalue weighted by Gasteiger charge is 2.12. The lowest BCUT2D eigenvalue weighted by molar-refractivity contribution is 0.628. The second-order valence-electron chi connectivity index (χ2n) is 6.80. The fraction of sp³-hybridized carbons (Fsp3) is 0.0435. The highest BCUT2D eigenvalue weighted by Crippen LogP contribution is 2.33. The third-order valence-electron chi connectivity index (χ3n) is 4.81. The molecular formula is C23H16FN5. The molecule has 0 amide bonds. The van der Waals surface area contributed by atoms with E-state index in [2.05, 4.69) is 26.1 Å². The van der Waals surface area contributed by atoms with E-state index >= 15 is 0 Å². The summed E-state index contributed by atoms with van der Waals surface area (Å²) in [6.07, 6.45) is 9.14. The van der Waals surface area contributed by atoms with Crippen LogP contribution < -0.4 is 0 Å². The summed E-state index contributed by atoms with van der Waals surface area (Å²) < 4.78 is 15.1. The van der Waals surface area contributed by atoms with E-state index in [4.69, 9.17) is 0 Å². The van der Waals surface area contributed by atoms with Gasteiger partial charge in [-0.2, -0.15) is 5.10 Å². The minimum atomic E-state index is -0.277. The fourth-order valence-electron chi connectivity index (χ4n) is 3.38. The summed E-state index contributed by atoms with van der Waals surface area (Å²) in [5.74, 6) is -0.277. The molecule has 0 aliphatic heterocycles. The molecule has 4 heterocycles. The smallest absolute Gasteiger partial charge is 0.160 e. The van der Waals surface area contributed by atoms with Crippen LogP contribution in [-0.2, 0) is 7.05 Å². The average Bonchev–Trinajstić information content (AvgIpc) is 3.20. The molecule has 0 aliphatic rings. The Balaban J connectivity index is 1.71. The summed E-state index contributed by atoms with van der Waals surface area (Å²) in [5.41, 5.74) is 6.10. The number of aromatic nitrogens is 5. The van der Waals surface area contributed by atoms with E-state index < -0.39 is 0 Å². The van der Waals surface area contributed by atoms with Crippen LogP contribution in [0.3, 0.4) is 0 Å². The van der Waals surface area contributed by atoms with Crippen LogP contribution in [0.5, 0.6) is 0 Å². The first kappa shape index (κ1) is 17.2. The molecule has 5 nitrogen and oxygen atoms in total. The maximum absolute atomic E-state index is 13.4. The van der Waals surface area contributed by atoms with E-state index in [0.717, 1.165) is 38.9 Å². The van der Waals surface area contributed by atoms with Crippen LogP contribution in [0.4, 0.5) is 4.39 Å². The quantitative estimate of drug-likeness (QED) is 0.446. The molecule has 0 N–H and O–H groups in total. The topological polar surface area (TPSA) is 56.5 Å². The highest BCUT2D eigenvalue weighted by atomic mass is 19.1. The maximum Gasteiger partial charge on any atom is 0.160 e. The maximum atomic E-state index is 13.4. The number of benzene rings is 1. The van der Waals surface area contributed by atoms with Crippen molar-refractivity contribution in [2.75, 3.05) is 0 Å². The summed E-state index contributed by atoms with van der Waals surface area (Å²) in [7, 11) is 1.89. The van der Waals surface area contributed by atoms with Crippen molar-refractivity contribution in [1.29, 1.82) is 0 Å². The van der Waals surface area contributed by atoms with Gasteiger partial charge < -0.3 is 0 Å². The SMILES string of the molecule is Cn1cc(-c2cncc(-c3cc(-c4ccc(F)cc4)nc4ncccc34)c2)cn1. The predicted octanol–water partition coefficient (Wildman–Crippen LogP) is 4.90. The first-order valence-electron chi connectivity index (χ1n) is 9.13. The van der Waals surface area contributed by atoms with E-state index in [1.807, 2.05) is 50.0 Å². The molecule has 0 bridgehead atoms. The van der Waals surface area contributed by atoms with Crippen LogP contribution in [0.15, 0.2) is 79.5 Å². The molecule has 0 atom stereocenters. The molecule has 5 aromatic rings. The van der Waals surface area contributed by atoms with Gasteiger partial charge in [-0.3, -0.25) is 9.67 Å². The van der Waals surface area contributed by atoms with Crippen molar-refractivity contribution in [1.82, 2.24) is 24.7 Å². The molecule has 6 heteroatoms. The van der Waals surface area contributed by atoms with Gasteiger partial charge in [0.2, 0.25) is 0 Å². The predicted molar refractivity (Wildman–Crippen MR) is 110 cm³/mol. The van der Waals surface area contributed by atoms with Gasteiger partial charge in [-0.05, 0) is 54.1 Å². The molecule has 0 saturated heterocycles. The van der Waals surface area contributed by atoms with Crippen molar-refractivity contribution < 1.29 is 4.39 Å². The molecule has 29 heavy (non-hydrogen) atoms. The zero-order valence-corrected chi connectivity index (χ0v) is 15.6. The van der Waals surface area contributed by atoms with Gasteiger partial charge in [0.15, 0.2) is 5.65 Å². The Kier molecular flexibility index (Phi) is 4.09. The van der Waals surface area contributed by atoms with Gasteiger partial charge >= 0.3 is 0 Å². The van der Waals surface area contributed by atoms with Gasteiger partial charge in [0.05, 0.1) is 11.9 Å². The molecule has 5 rings (SSSR count). The minimum absolute atomic E-state index is 0.277. The number of rotatable bonds is 3. The molecule has 0 radical (unpaired) electrons. The molecular weight excluding hydrogens is 365 g/mol. The lowest BCUT2D eigenvalue weighted by Crippen LogP contribution is -1.93. The zero-order chi connectivity index (χ0) is 19.8. The molecule has 140 valence electrons. The lowest BCUT2D eigenvalue weighted by atomic mass is 9.99. The molecule has 1 aromatic carbocycles. The van der Waals surface area contributed by atoms with Gasteiger partial charge in [-0.1, -0.05) is 0 Å². The highest BCUT2D eigenvalue weighted by molar-refractivity contribution is 5.95. The molecule has 0 fully saturated rings. The van der Waals surface area contributed by atoms with Crippen molar-refractivity contribution >= 4 is 11.0 Å². The second kappa shape index (κ2) is 6.91. The standard InChI is InChI=1S/C23H16FN5/c1-29-14-18(13-27-29)16-9-17(12-25-11-16)21-10-22(15-4-6-19(24)7-5-15)28-23-20(21)3-2-8-26-23/h2-14H,1H3. The third-order valence-corrected chi connectivity index (χ3v) is 4.81. The Bertz CT molecular complexity index is 1320. The lowest BCUT2D eigenvalue weighted by Gasteiger charge is -2.10. The van der Waals surface area contributed by atoms with Crippen molar-refractivity contribution in [2.24, 2.45) is 7.05 Å². The second-order valence-corrected chi connectivity index (χ2v) is 6.80. The van der Waals surface area contributed by atoms with Gasteiger partial charge in [0, 0.05) is 59.5 Å². The normalized spacial score (nSPS) is 11.1. The fourth-order valence-corrected chi connectivity index (χ4v) is 3.38. The number of hydrogen-bond donors (Lipinski definition) is 0. The van der Waals surface area contributed by atoms with Crippen molar-refractivity contribution in [3.05, 3.63) is 85.3 Å². The molecule has 0 saturated carbocycles. The first-order chi connectivity index (χ1) is 14.2. The monoisotopic (exact) mass is 381 g/mol. The first-order valence-corrected chi connectivity index (χ1v) is 9.13. The van der Waals surface area contributed by atoms with Crippen LogP contribution in [-0.4, -0.2) is 24.7 Å². The largest absolute Gasteiger partial charge is 0.275 e. The van der Waals surface area contributed by atoms with Crippen molar-refractivity contribution in [3.63, 3.8) is 0 Å². The van der Waals surface area contributed by atoms with Crippen molar-refractivity contribution in [3.8, 4) is 33.5 Å². The summed E-state index contributed by atoms with van der Waals surface area (Å²) in [6, 6.07) is 14.3. The Morgan fingerprint density at radius 1 is 0.862 bits per heavy atom. The van der Waals surface area contributed by atoms with Crippen LogP contribution in [0, 0.1) is 5.82 Å². The number of pyridine rings is 3. The molecule has 0 unspecified atom stereocenters. The Hall–Kier alpha value is -3.93. The molecule has 4 aromatic heterocycles. The number of halogens is 1. The van der Waals surface area contributed by atoms with E-state index in [-0.39, 0.29) is 5.82 Å². The van der Waals surface area contributed by atoms with Crippen LogP contribution >= 0.6 is 0 Å². The van der Waals surface area contributed by atoms with Crippen molar-refractivity contribution in [2.45, 2.75) is 0 Å². The van der Waals surface area contributed by atoms with Gasteiger partial charge in [0.1, 0.15) is 5.82 Å². The molecule has 0 aliphatic carbocycles. The van der Waals surface area contributed by atoms with E-state index in [9.17, 15) is 4.39 Å². The van der Waals surface area contributed by atoms with E-state index in [0.29, 0.717) is 5.65 Å². The summed E-state index contributed by atoms with van der Waals surface area (Å²) in [4.78, 5) is 13.6. The van der Waals surface area contributed by atoms with Gasteiger partial charge in [-0.25, -0.2) is 14.4 Å². The Morgan fingerprint density at radius 3 is 2.48 bits per heavy atom. The summed E-state index contributed by atoms with van der Waals surface area (Å²) in [5, 5.41) is 5.18. The van der Waals surface area contributed by atoms with E-state index in [1.54, 1.807) is 23.0 Å². The van der Waals surface area contributed by atoms with Gasteiger partial charge in [0.25, 0.3) is 0 Å². The van der Waals surface area contributed by atoms with Crippen LogP contribution in [0.25, 0.3) is 44.5 Å². The van der Waals surface area contributed by atoms with Crippen LogP contribution in [0.2, 0.25) is 0 Å². The number of hydrogen-bond acceptors (Lipinski definition) is 4. The number of aryl methyl sites for hydroxylation is 1. The Morgan fingerprint density at radius 2 is 1.69 bits per heavy atom. The number of nitrogens with zero attached hydrogens (tertiary/aromatic N) is 5. The summed E-state index contributed by atoms with van der Waals surface area (Å²) in [6.45, 7) is 0. The van der Waals surface area contributed by atoms with Crippen LogP contribution in [0.1, 0.15) is 0 Å². The number of fused-ring (bicyclic) bond motifs is 1. The Labute approximate surface area is 166 Å². The van der Waals surface area contributed by atoms with Gasteiger partial charge in [-0.15, -0.1) is 0 Å². The summed E-state index contributed by atoms with van der Waals surface area (Å²) >= 11 is 0. The average molecular weight is 381 g/mol. The third kappa shape index (κ3) is 3.25.